The lowest BCUT2D eigenvalue weighted by Crippen LogP contribution is -2.54. The van der Waals surface area contributed by atoms with Gasteiger partial charge in [0.1, 0.15) is 0 Å². The normalized spacial score (nSPS) is 59.1. The molecule has 23 heavy (non-hydrogen) atoms. The molecule has 3 N–H and O–H groups in total. The van der Waals surface area contributed by atoms with Gasteiger partial charge in [-0.3, -0.25) is 0 Å². The average molecular weight is 322 g/mol. The van der Waals surface area contributed by atoms with Crippen molar-refractivity contribution >= 4 is 0 Å². The van der Waals surface area contributed by atoms with Gasteiger partial charge >= 0.3 is 0 Å². The molecule has 0 spiro atoms. The van der Waals surface area contributed by atoms with E-state index in [9.17, 15) is 15.3 Å². The van der Waals surface area contributed by atoms with Crippen LogP contribution < -0.4 is 0 Å². The number of aliphatic hydroxyl groups is 3. The molecule has 4 aliphatic carbocycles. The fourth-order valence-corrected chi connectivity index (χ4v) is 7.56. The maximum absolute atomic E-state index is 10.8. The van der Waals surface area contributed by atoms with E-state index >= 15 is 0 Å². The Morgan fingerprint density at radius 2 is 1.61 bits per heavy atom. The summed E-state index contributed by atoms with van der Waals surface area (Å²) < 4.78 is 0. The summed E-state index contributed by atoms with van der Waals surface area (Å²) in [4.78, 5) is 0. The SMILES string of the molecule is C[C@]12CC[C@H](O)C[C@@H]1CC[C@@H]1[C@@H]2CC[C@]2(C)[C@H](O)[C@@H](CO)C[C@@H]12. The Morgan fingerprint density at radius 3 is 2.35 bits per heavy atom. The molecule has 3 heteroatoms. The fraction of sp³-hybridized carbons (Fsp3) is 1.00. The zero-order chi connectivity index (χ0) is 16.4. The third-order valence-corrected chi connectivity index (χ3v) is 8.99. The van der Waals surface area contributed by atoms with Crippen molar-refractivity contribution < 1.29 is 15.3 Å². The standard InChI is InChI=1S/C20H34O3/c1-19-7-5-14(22)10-13(19)3-4-15-16(19)6-8-20(2)17(15)9-12(11-21)18(20)23/h12-18,21-23H,3-11H2,1-2H3/t12-,13+,14+,15-,16+,17+,18-,19+,20+/m1/s1. The van der Waals surface area contributed by atoms with Crippen molar-refractivity contribution in [3.63, 3.8) is 0 Å². The van der Waals surface area contributed by atoms with Crippen molar-refractivity contribution in [2.45, 2.75) is 77.4 Å². The molecular weight excluding hydrogens is 288 g/mol. The molecule has 3 nitrogen and oxygen atoms in total. The van der Waals surface area contributed by atoms with Gasteiger partial charge in [-0.05, 0) is 85.9 Å². The molecule has 0 heterocycles. The first-order valence-corrected chi connectivity index (χ1v) is 9.87. The van der Waals surface area contributed by atoms with E-state index in [1.54, 1.807) is 0 Å². The number of fused-ring (bicyclic) bond motifs is 5. The van der Waals surface area contributed by atoms with Crippen LogP contribution in [0.15, 0.2) is 0 Å². The first-order valence-electron chi connectivity index (χ1n) is 9.87. The minimum absolute atomic E-state index is 0.0198. The van der Waals surface area contributed by atoms with Gasteiger partial charge < -0.3 is 15.3 Å². The van der Waals surface area contributed by atoms with Crippen LogP contribution in [0.2, 0.25) is 0 Å². The van der Waals surface area contributed by atoms with Gasteiger partial charge in [-0.15, -0.1) is 0 Å². The molecule has 132 valence electrons. The van der Waals surface area contributed by atoms with Crippen LogP contribution in [0.5, 0.6) is 0 Å². The second-order valence-electron chi connectivity index (χ2n) is 9.75. The number of hydrogen-bond donors (Lipinski definition) is 3. The second kappa shape index (κ2) is 5.44. The predicted octanol–water partition coefficient (Wildman–Crippen LogP) is 2.97. The molecule has 4 aliphatic rings. The average Bonchev–Trinajstić information content (AvgIpc) is 2.79. The molecule has 0 radical (unpaired) electrons. The number of rotatable bonds is 1. The first kappa shape index (κ1) is 16.4. The van der Waals surface area contributed by atoms with Crippen LogP contribution in [-0.2, 0) is 0 Å². The van der Waals surface area contributed by atoms with Crippen LogP contribution in [0.3, 0.4) is 0 Å². The highest BCUT2D eigenvalue weighted by atomic mass is 16.3. The van der Waals surface area contributed by atoms with Gasteiger partial charge in [-0.25, -0.2) is 0 Å². The first-order chi connectivity index (χ1) is 10.9. The van der Waals surface area contributed by atoms with Crippen molar-refractivity contribution in [1.29, 1.82) is 0 Å². The Bertz CT molecular complexity index is 466. The highest BCUT2D eigenvalue weighted by Crippen LogP contribution is 2.66. The molecule has 0 aliphatic heterocycles. The van der Waals surface area contributed by atoms with Crippen molar-refractivity contribution in [1.82, 2.24) is 0 Å². The van der Waals surface area contributed by atoms with Crippen molar-refractivity contribution in [3.05, 3.63) is 0 Å². The van der Waals surface area contributed by atoms with E-state index in [2.05, 4.69) is 13.8 Å². The van der Waals surface area contributed by atoms with Crippen LogP contribution >= 0.6 is 0 Å². The van der Waals surface area contributed by atoms with E-state index in [4.69, 9.17) is 0 Å². The molecule has 4 rings (SSSR count). The van der Waals surface area contributed by atoms with Gasteiger partial charge in [-0.2, -0.15) is 0 Å². The Labute approximate surface area is 140 Å². The van der Waals surface area contributed by atoms with Crippen molar-refractivity contribution in [3.8, 4) is 0 Å². The van der Waals surface area contributed by atoms with E-state index in [1.165, 1.54) is 25.7 Å². The molecular formula is C20H34O3. The largest absolute Gasteiger partial charge is 0.396 e. The molecule has 0 aromatic heterocycles. The summed E-state index contributed by atoms with van der Waals surface area (Å²) >= 11 is 0. The molecule has 0 aromatic rings. The van der Waals surface area contributed by atoms with E-state index in [0.29, 0.717) is 17.3 Å². The topological polar surface area (TPSA) is 60.7 Å². The van der Waals surface area contributed by atoms with Gasteiger partial charge in [0.15, 0.2) is 0 Å². The van der Waals surface area contributed by atoms with Gasteiger partial charge in [-0.1, -0.05) is 13.8 Å². The Balaban J connectivity index is 1.62. The Kier molecular flexibility index (Phi) is 3.87. The van der Waals surface area contributed by atoms with Crippen LogP contribution in [0.25, 0.3) is 0 Å². The summed E-state index contributed by atoms with van der Waals surface area (Å²) in [7, 11) is 0. The quantitative estimate of drug-likeness (QED) is 0.695. The maximum Gasteiger partial charge on any atom is 0.0646 e. The van der Waals surface area contributed by atoms with Crippen LogP contribution in [-0.4, -0.2) is 34.1 Å². The van der Waals surface area contributed by atoms with Gasteiger partial charge in [0, 0.05) is 12.5 Å². The smallest absolute Gasteiger partial charge is 0.0646 e. The number of aliphatic hydroxyl groups excluding tert-OH is 3. The van der Waals surface area contributed by atoms with E-state index in [1.807, 2.05) is 0 Å². The lowest BCUT2D eigenvalue weighted by atomic mass is 9.45. The van der Waals surface area contributed by atoms with Gasteiger partial charge in [0.2, 0.25) is 0 Å². The Morgan fingerprint density at radius 1 is 0.870 bits per heavy atom. The van der Waals surface area contributed by atoms with Crippen LogP contribution in [0, 0.1) is 40.4 Å². The molecule has 0 saturated heterocycles. The van der Waals surface area contributed by atoms with E-state index in [0.717, 1.165) is 37.5 Å². The molecule has 4 fully saturated rings. The zero-order valence-electron chi connectivity index (χ0n) is 14.7. The summed E-state index contributed by atoms with van der Waals surface area (Å²) in [5.41, 5.74) is 0.414. The summed E-state index contributed by atoms with van der Waals surface area (Å²) in [6.07, 6.45) is 8.63. The molecule has 0 amide bonds. The third-order valence-electron chi connectivity index (χ3n) is 8.99. The molecule has 0 bridgehead atoms. The lowest BCUT2D eigenvalue weighted by Gasteiger charge is -2.60. The lowest BCUT2D eigenvalue weighted by molar-refractivity contribution is -0.134. The zero-order valence-corrected chi connectivity index (χ0v) is 14.7. The summed E-state index contributed by atoms with van der Waals surface area (Å²) in [5, 5.41) is 30.5. The molecule has 9 atom stereocenters. The van der Waals surface area contributed by atoms with Crippen molar-refractivity contribution in [2.24, 2.45) is 40.4 Å². The van der Waals surface area contributed by atoms with Gasteiger partial charge in [0.25, 0.3) is 0 Å². The third kappa shape index (κ3) is 2.19. The highest BCUT2D eigenvalue weighted by molar-refractivity contribution is 5.11. The Hall–Kier alpha value is -0.120. The fourth-order valence-electron chi connectivity index (χ4n) is 7.56. The van der Waals surface area contributed by atoms with Crippen LogP contribution in [0.4, 0.5) is 0 Å². The minimum atomic E-state index is -0.322. The molecule has 0 aromatic carbocycles. The monoisotopic (exact) mass is 322 g/mol. The van der Waals surface area contributed by atoms with E-state index in [-0.39, 0.29) is 30.1 Å². The summed E-state index contributed by atoms with van der Waals surface area (Å²) in [6.45, 7) is 4.92. The minimum Gasteiger partial charge on any atom is -0.396 e. The van der Waals surface area contributed by atoms with Crippen molar-refractivity contribution in [2.75, 3.05) is 6.61 Å². The maximum atomic E-state index is 10.8. The summed E-state index contributed by atoms with van der Waals surface area (Å²) in [5.74, 6) is 2.84. The summed E-state index contributed by atoms with van der Waals surface area (Å²) in [6, 6.07) is 0. The van der Waals surface area contributed by atoms with E-state index < -0.39 is 0 Å². The number of hydrogen-bond acceptors (Lipinski definition) is 3. The van der Waals surface area contributed by atoms with Gasteiger partial charge in [0.05, 0.1) is 12.2 Å². The molecule has 4 saturated carbocycles. The molecule has 0 unspecified atom stereocenters. The highest BCUT2D eigenvalue weighted by Gasteiger charge is 2.61. The van der Waals surface area contributed by atoms with Crippen LogP contribution in [0.1, 0.15) is 65.2 Å². The second-order valence-corrected chi connectivity index (χ2v) is 9.75. The predicted molar refractivity (Wildman–Crippen MR) is 89.7 cm³/mol.